The molecule has 0 saturated carbocycles. The van der Waals surface area contributed by atoms with Crippen molar-refractivity contribution in [3.05, 3.63) is 28.5 Å². The molecule has 0 aliphatic heterocycles. The summed E-state index contributed by atoms with van der Waals surface area (Å²) in [5.41, 5.74) is 5.87. The molecule has 0 amide bonds. The van der Waals surface area contributed by atoms with Gasteiger partial charge in [-0.1, -0.05) is 11.6 Å². The lowest BCUT2D eigenvalue weighted by Gasteiger charge is -2.19. The summed E-state index contributed by atoms with van der Waals surface area (Å²) in [6.45, 7) is 3.59. The van der Waals surface area contributed by atoms with Gasteiger partial charge in [0.1, 0.15) is 10.7 Å². The fraction of sp³-hybridized carbons (Fsp3) is 0.455. The maximum absolute atomic E-state index is 13.7. The Balaban J connectivity index is 3.29. The van der Waals surface area contributed by atoms with Crippen molar-refractivity contribution in [2.24, 2.45) is 5.73 Å². The Morgan fingerprint density at radius 3 is 2.29 bits per heavy atom. The first-order valence-electron chi connectivity index (χ1n) is 4.97. The predicted molar refractivity (Wildman–Crippen MR) is 66.5 cm³/mol. The second-order valence-electron chi connectivity index (χ2n) is 4.83. The average Bonchev–Trinajstić information content (AvgIpc) is 1.94. The predicted octanol–water partition coefficient (Wildman–Crippen LogP) is 2.16. The van der Waals surface area contributed by atoms with Gasteiger partial charge in [0.25, 0.3) is 0 Å². The Kier molecular flexibility index (Phi) is 3.86. The van der Waals surface area contributed by atoms with E-state index in [2.05, 4.69) is 0 Å². The molecule has 6 heteroatoms. The highest BCUT2D eigenvalue weighted by Crippen LogP contribution is 2.27. The molecule has 17 heavy (non-hydrogen) atoms. The van der Waals surface area contributed by atoms with Crippen LogP contribution in [0.15, 0.2) is 17.0 Å². The van der Waals surface area contributed by atoms with E-state index in [1.165, 1.54) is 6.07 Å². The molecule has 1 aromatic rings. The zero-order chi connectivity index (χ0) is 13.4. The van der Waals surface area contributed by atoms with Crippen molar-refractivity contribution in [1.82, 2.24) is 0 Å². The van der Waals surface area contributed by atoms with Crippen LogP contribution < -0.4 is 5.73 Å². The van der Waals surface area contributed by atoms with Gasteiger partial charge in [0.2, 0.25) is 0 Å². The Labute approximate surface area is 106 Å². The van der Waals surface area contributed by atoms with Crippen LogP contribution >= 0.6 is 11.6 Å². The quantitative estimate of drug-likeness (QED) is 0.922. The van der Waals surface area contributed by atoms with Crippen molar-refractivity contribution in [1.29, 1.82) is 0 Å². The SMILES string of the molecule is CC(C)(N)Cc1cc(F)c(S(C)(=O)=O)c(Cl)c1. The maximum atomic E-state index is 13.7. The molecule has 0 aromatic heterocycles. The third-order valence-electron chi connectivity index (χ3n) is 2.09. The van der Waals surface area contributed by atoms with Crippen LogP contribution in [0.3, 0.4) is 0 Å². The molecule has 2 N–H and O–H groups in total. The fourth-order valence-electron chi connectivity index (χ4n) is 1.59. The molecule has 3 nitrogen and oxygen atoms in total. The minimum Gasteiger partial charge on any atom is -0.325 e. The van der Waals surface area contributed by atoms with E-state index < -0.39 is 26.1 Å². The molecule has 0 heterocycles. The topological polar surface area (TPSA) is 60.2 Å². The van der Waals surface area contributed by atoms with Crippen molar-refractivity contribution in [2.75, 3.05) is 6.26 Å². The largest absolute Gasteiger partial charge is 0.325 e. The Morgan fingerprint density at radius 1 is 1.41 bits per heavy atom. The van der Waals surface area contributed by atoms with Crippen LogP contribution in [0.4, 0.5) is 4.39 Å². The molecule has 0 spiro atoms. The van der Waals surface area contributed by atoms with E-state index in [4.69, 9.17) is 17.3 Å². The molecular formula is C11H15ClFNO2S. The molecule has 0 bridgehead atoms. The van der Waals surface area contributed by atoms with Crippen molar-refractivity contribution >= 4 is 21.4 Å². The van der Waals surface area contributed by atoms with E-state index in [9.17, 15) is 12.8 Å². The van der Waals surface area contributed by atoms with E-state index >= 15 is 0 Å². The van der Waals surface area contributed by atoms with Crippen LogP contribution in [0.5, 0.6) is 0 Å². The van der Waals surface area contributed by atoms with Crippen molar-refractivity contribution in [2.45, 2.75) is 30.7 Å². The van der Waals surface area contributed by atoms with E-state index in [0.29, 0.717) is 12.0 Å². The standard InChI is InChI=1S/C11H15ClFNO2S/c1-11(2,14)6-7-4-8(12)10(9(13)5-7)17(3,15)16/h4-5H,6,14H2,1-3H3. The number of hydrogen-bond donors (Lipinski definition) is 1. The summed E-state index contributed by atoms with van der Waals surface area (Å²) in [6, 6.07) is 2.60. The maximum Gasteiger partial charge on any atom is 0.179 e. The molecule has 0 fully saturated rings. The first kappa shape index (κ1) is 14.4. The molecule has 0 radical (unpaired) electrons. The van der Waals surface area contributed by atoms with Crippen molar-refractivity contribution in [3.8, 4) is 0 Å². The van der Waals surface area contributed by atoms with Gasteiger partial charge in [0.15, 0.2) is 9.84 Å². The first-order chi connectivity index (χ1) is 7.50. The molecule has 96 valence electrons. The summed E-state index contributed by atoms with van der Waals surface area (Å²) in [5, 5.41) is -0.105. The molecule has 0 aliphatic rings. The van der Waals surface area contributed by atoms with Crippen LogP contribution in [0.25, 0.3) is 0 Å². The van der Waals surface area contributed by atoms with Crippen LogP contribution in [0.2, 0.25) is 5.02 Å². The minimum atomic E-state index is -3.66. The van der Waals surface area contributed by atoms with E-state index in [1.54, 1.807) is 13.8 Å². The molecule has 0 atom stereocenters. The van der Waals surface area contributed by atoms with Gasteiger partial charge in [0.05, 0.1) is 5.02 Å². The summed E-state index contributed by atoms with van der Waals surface area (Å²) in [7, 11) is -3.66. The Morgan fingerprint density at radius 2 is 1.94 bits per heavy atom. The number of nitrogens with two attached hydrogens (primary N) is 1. The van der Waals surface area contributed by atoms with E-state index in [0.717, 1.165) is 12.3 Å². The summed E-state index contributed by atoms with van der Waals surface area (Å²) >= 11 is 5.79. The lowest BCUT2D eigenvalue weighted by molar-refractivity contribution is 0.512. The summed E-state index contributed by atoms with van der Waals surface area (Å²) in [6.07, 6.45) is 1.33. The Hall–Kier alpha value is -0.650. The Bertz CT molecular complexity index is 512. The van der Waals surface area contributed by atoms with Crippen LogP contribution in [-0.2, 0) is 16.3 Å². The zero-order valence-corrected chi connectivity index (χ0v) is 11.5. The van der Waals surface area contributed by atoms with Crippen LogP contribution in [0, 0.1) is 5.82 Å². The van der Waals surface area contributed by atoms with Gasteiger partial charge in [-0.15, -0.1) is 0 Å². The van der Waals surface area contributed by atoms with Crippen LogP contribution in [-0.4, -0.2) is 20.2 Å². The van der Waals surface area contributed by atoms with Crippen molar-refractivity contribution < 1.29 is 12.8 Å². The molecule has 1 aromatic carbocycles. The van der Waals surface area contributed by atoms with E-state index in [1.807, 2.05) is 0 Å². The first-order valence-corrected chi connectivity index (χ1v) is 7.24. The van der Waals surface area contributed by atoms with Gasteiger partial charge in [-0.2, -0.15) is 0 Å². The number of sulfone groups is 1. The van der Waals surface area contributed by atoms with Gasteiger partial charge >= 0.3 is 0 Å². The average molecular weight is 280 g/mol. The van der Waals surface area contributed by atoms with E-state index in [-0.39, 0.29) is 5.02 Å². The third-order valence-corrected chi connectivity index (χ3v) is 3.66. The second kappa shape index (κ2) is 4.55. The fourth-order valence-corrected chi connectivity index (χ4v) is 3.07. The lowest BCUT2D eigenvalue weighted by atomic mass is 9.96. The van der Waals surface area contributed by atoms with Gasteiger partial charge in [-0.25, -0.2) is 12.8 Å². The normalized spacial score (nSPS) is 12.8. The lowest BCUT2D eigenvalue weighted by Crippen LogP contribution is -2.34. The number of hydrogen-bond acceptors (Lipinski definition) is 3. The van der Waals surface area contributed by atoms with Crippen molar-refractivity contribution in [3.63, 3.8) is 0 Å². The second-order valence-corrected chi connectivity index (χ2v) is 7.19. The molecular weight excluding hydrogens is 265 g/mol. The highest BCUT2D eigenvalue weighted by Gasteiger charge is 2.21. The summed E-state index contributed by atoms with van der Waals surface area (Å²) < 4.78 is 36.3. The van der Waals surface area contributed by atoms with Gasteiger partial charge < -0.3 is 5.73 Å². The monoisotopic (exact) mass is 279 g/mol. The van der Waals surface area contributed by atoms with Gasteiger partial charge in [-0.05, 0) is 38.0 Å². The zero-order valence-electron chi connectivity index (χ0n) is 9.92. The highest BCUT2D eigenvalue weighted by atomic mass is 35.5. The smallest absolute Gasteiger partial charge is 0.179 e. The number of rotatable bonds is 3. The number of benzene rings is 1. The van der Waals surface area contributed by atoms with Gasteiger partial charge in [-0.3, -0.25) is 0 Å². The minimum absolute atomic E-state index is 0.105. The van der Waals surface area contributed by atoms with Crippen LogP contribution in [0.1, 0.15) is 19.4 Å². The molecule has 0 saturated heterocycles. The number of halogens is 2. The molecule has 0 aliphatic carbocycles. The van der Waals surface area contributed by atoms with Gasteiger partial charge in [0, 0.05) is 11.8 Å². The molecule has 1 rings (SSSR count). The summed E-state index contributed by atoms with van der Waals surface area (Å²) in [5.74, 6) is -0.834. The highest BCUT2D eigenvalue weighted by molar-refractivity contribution is 7.90. The summed E-state index contributed by atoms with van der Waals surface area (Å²) in [4.78, 5) is -0.460. The molecule has 0 unspecified atom stereocenters. The third kappa shape index (κ3) is 3.94.